The third-order valence-electron chi connectivity index (χ3n) is 4.92. The highest BCUT2D eigenvalue weighted by Crippen LogP contribution is 2.16. The van der Waals surface area contributed by atoms with Gasteiger partial charge in [0.05, 0.1) is 7.11 Å². The number of likely N-dealkylation sites (tertiary alicyclic amines) is 1. The summed E-state index contributed by atoms with van der Waals surface area (Å²) in [7, 11) is 3.13. The number of aliphatic imine (C=N–C) groups is 1. The molecule has 1 aromatic rings. The van der Waals surface area contributed by atoms with Gasteiger partial charge in [0.2, 0.25) is 0 Å². The van der Waals surface area contributed by atoms with Gasteiger partial charge in [-0.05, 0) is 50.4 Å². The number of rotatable bonds is 7. The lowest BCUT2D eigenvalue weighted by atomic mass is 10.0. The summed E-state index contributed by atoms with van der Waals surface area (Å²) in [5.41, 5.74) is 1.82. The van der Waals surface area contributed by atoms with E-state index in [1.54, 1.807) is 7.05 Å². The average molecular weight is 376 g/mol. The van der Waals surface area contributed by atoms with Crippen molar-refractivity contribution in [2.24, 2.45) is 4.99 Å². The number of carbonyl (C=O) groups excluding carboxylic acids is 1. The molecule has 0 bridgehead atoms. The molecule has 1 saturated heterocycles. The molecule has 0 saturated carbocycles. The smallest absolute Gasteiger partial charge is 0.411 e. The third kappa shape index (κ3) is 7.46. The first kappa shape index (κ1) is 21.0. The number of amides is 1. The highest BCUT2D eigenvalue weighted by atomic mass is 16.5. The summed E-state index contributed by atoms with van der Waals surface area (Å²) >= 11 is 0. The van der Waals surface area contributed by atoms with Crippen molar-refractivity contribution in [3.8, 4) is 0 Å². The molecule has 1 aromatic carbocycles. The molecule has 0 radical (unpaired) electrons. The van der Waals surface area contributed by atoms with Gasteiger partial charge in [-0.3, -0.25) is 10.3 Å². The Morgan fingerprint density at radius 3 is 2.70 bits per heavy atom. The molecule has 1 amide bonds. The van der Waals surface area contributed by atoms with Crippen molar-refractivity contribution in [3.05, 3.63) is 29.8 Å². The maximum Gasteiger partial charge on any atom is 0.411 e. The zero-order valence-corrected chi connectivity index (χ0v) is 16.8. The molecule has 7 nitrogen and oxygen atoms in total. The van der Waals surface area contributed by atoms with E-state index < -0.39 is 6.09 Å². The molecule has 1 unspecified atom stereocenters. The number of methoxy groups -OCH3 is 1. The van der Waals surface area contributed by atoms with Crippen LogP contribution >= 0.6 is 0 Å². The fourth-order valence-electron chi connectivity index (χ4n) is 3.26. The van der Waals surface area contributed by atoms with Crippen molar-refractivity contribution in [2.75, 3.05) is 39.1 Å². The van der Waals surface area contributed by atoms with Crippen molar-refractivity contribution in [1.82, 2.24) is 15.5 Å². The summed E-state index contributed by atoms with van der Waals surface area (Å²) < 4.78 is 4.58. The molecule has 1 heterocycles. The van der Waals surface area contributed by atoms with E-state index in [1.807, 2.05) is 24.3 Å². The van der Waals surface area contributed by atoms with Crippen LogP contribution in [0.3, 0.4) is 0 Å². The number of hydrogen-bond acceptors (Lipinski definition) is 4. The molecule has 0 spiro atoms. The lowest BCUT2D eigenvalue weighted by molar-refractivity contribution is 0.159. The van der Waals surface area contributed by atoms with Gasteiger partial charge >= 0.3 is 6.09 Å². The molecule has 1 aliphatic heterocycles. The summed E-state index contributed by atoms with van der Waals surface area (Å²) in [6.45, 7) is 6.28. The van der Waals surface area contributed by atoms with Gasteiger partial charge in [-0.1, -0.05) is 18.6 Å². The maximum atomic E-state index is 11.2. The molecule has 150 valence electrons. The van der Waals surface area contributed by atoms with Gasteiger partial charge < -0.3 is 20.3 Å². The second-order valence-corrected chi connectivity index (χ2v) is 6.90. The lowest BCUT2D eigenvalue weighted by Crippen LogP contribution is -2.41. The van der Waals surface area contributed by atoms with Crippen LogP contribution in [0.2, 0.25) is 0 Å². The van der Waals surface area contributed by atoms with Crippen LogP contribution in [-0.2, 0) is 11.3 Å². The fraction of sp³-hybridized carbons (Fsp3) is 0.600. The van der Waals surface area contributed by atoms with Crippen molar-refractivity contribution >= 4 is 17.7 Å². The SMILES string of the molecule is CN=C(NCCCN1CCCCC1C)NCc1ccc(NC(=O)OC)cc1. The molecular formula is C20H33N5O2. The first-order chi connectivity index (χ1) is 13.1. The first-order valence-corrected chi connectivity index (χ1v) is 9.75. The molecule has 1 atom stereocenters. The lowest BCUT2D eigenvalue weighted by Gasteiger charge is -2.33. The van der Waals surface area contributed by atoms with Crippen LogP contribution in [0, 0.1) is 0 Å². The van der Waals surface area contributed by atoms with Gasteiger partial charge in [-0.2, -0.15) is 0 Å². The third-order valence-corrected chi connectivity index (χ3v) is 4.92. The van der Waals surface area contributed by atoms with E-state index in [0.717, 1.165) is 31.0 Å². The normalized spacial score (nSPS) is 18.0. The summed E-state index contributed by atoms with van der Waals surface area (Å²) in [4.78, 5) is 18.1. The van der Waals surface area contributed by atoms with Crippen LogP contribution in [0.4, 0.5) is 10.5 Å². The van der Waals surface area contributed by atoms with E-state index in [4.69, 9.17) is 0 Å². The van der Waals surface area contributed by atoms with Gasteiger partial charge in [0.15, 0.2) is 5.96 Å². The highest BCUT2D eigenvalue weighted by molar-refractivity contribution is 5.84. The zero-order valence-electron chi connectivity index (χ0n) is 16.8. The number of hydrogen-bond donors (Lipinski definition) is 3. The molecule has 0 aromatic heterocycles. The van der Waals surface area contributed by atoms with Crippen molar-refractivity contribution in [2.45, 2.75) is 45.2 Å². The summed E-state index contributed by atoms with van der Waals surface area (Å²) in [5, 5.41) is 9.33. The number of carbonyl (C=O) groups is 1. The zero-order chi connectivity index (χ0) is 19.5. The second kappa shape index (κ2) is 11.4. The minimum Gasteiger partial charge on any atom is -0.453 e. The summed E-state index contributed by atoms with van der Waals surface area (Å²) in [6.07, 6.45) is 4.66. The fourth-order valence-corrected chi connectivity index (χ4v) is 3.26. The Bertz CT molecular complexity index is 603. The number of piperidine rings is 1. The number of guanidine groups is 1. The Balaban J connectivity index is 1.66. The average Bonchev–Trinajstić information content (AvgIpc) is 2.69. The van der Waals surface area contributed by atoms with Gasteiger partial charge in [0, 0.05) is 38.4 Å². The van der Waals surface area contributed by atoms with E-state index in [9.17, 15) is 4.79 Å². The Kier molecular flexibility index (Phi) is 8.91. The number of anilines is 1. The van der Waals surface area contributed by atoms with Gasteiger partial charge in [0.1, 0.15) is 0 Å². The van der Waals surface area contributed by atoms with Crippen molar-refractivity contribution < 1.29 is 9.53 Å². The predicted molar refractivity (Wildman–Crippen MR) is 110 cm³/mol. The van der Waals surface area contributed by atoms with E-state index >= 15 is 0 Å². The van der Waals surface area contributed by atoms with Crippen molar-refractivity contribution in [3.63, 3.8) is 0 Å². The Morgan fingerprint density at radius 1 is 1.26 bits per heavy atom. The van der Waals surface area contributed by atoms with Crippen molar-refractivity contribution in [1.29, 1.82) is 0 Å². The van der Waals surface area contributed by atoms with E-state index in [0.29, 0.717) is 18.3 Å². The quantitative estimate of drug-likeness (QED) is 0.388. The molecule has 1 aliphatic rings. The standard InChI is InChI=1S/C20H33N5O2/c1-16-7-4-5-13-25(16)14-6-12-22-19(21-2)23-15-17-8-10-18(11-9-17)24-20(26)27-3/h8-11,16H,4-7,12-15H2,1-3H3,(H,24,26)(H2,21,22,23). The molecule has 7 heteroatoms. The van der Waals surface area contributed by atoms with E-state index in [1.165, 1.54) is 32.9 Å². The molecule has 3 N–H and O–H groups in total. The van der Waals surface area contributed by atoms with Crippen LogP contribution in [0.5, 0.6) is 0 Å². The number of benzene rings is 1. The van der Waals surface area contributed by atoms with E-state index in [-0.39, 0.29) is 0 Å². The van der Waals surface area contributed by atoms with Crippen LogP contribution in [0.15, 0.2) is 29.3 Å². The maximum absolute atomic E-state index is 11.2. The molecule has 1 fully saturated rings. The predicted octanol–water partition coefficient (Wildman–Crippen LogP) is 2.79. The minimum absolute atomic E-state index is 0.468. The van der Waals surface area contributed by atoms with Crippen LogP contribution in [-0.4, -0.2) is 56.8 Å². The van der Waals surface area contributed by atoms with Crippen LogP contribution < -0.4 is 16.0 Å². The van der Waals surface area contributed by atoms with Gasteiger partial charge in [-0.15, -0.1) is 0 Å². The second-order valence-electron chi connectivity index (χ2n) is 6.90. The Labute approximate surface area is 162 Å². The Hall–Kier alpha value is -2.28. The van der Waals surface area contributed by atoms with Crippen LogP contribution in [0.25, 0.3) is 0 Å². The number of ether oxygens (including phenoxy) is 1. The summed E-state index contributed by atoms with van der Waals surface area (Å²) in [6, 6.07) is 8.34. The Morgan fingerprint density at radius 2 is 2.04 bits per heavy atom. The van der Waals surface area contributed by atoms with Gasteiger partial charge in [0.25, 0.3) is 0 Å². The molecule has 0 aliphatic carbocycles. The number of nitrogens with one attached hydrogen (secondary N) is 3. The highest BCUT2D eigenvalue weighted by Gasteiger charge is 2.17. The van der Waals surface area contributed by atoms with Crippen LogP contribution in [0.1, 0.15) is 38.2 Å². The van der Waals surface area contributed by atoms with E-state index in [2.05, 4.69) is 37.5 Å². The molecular weight excluding hydrogens is 342 g/mol. The topological polar surface area (TPSA) is 78.0 Å². The molecule has 27 heavy (non-hydrogen) atoms. The molecule has 2 rings (SSSR count). The monoisotopic (exact) mass is 375 g/mol. The first-order valence-electron chi connectivity index (χ1n) is 9.75. The summed E-state index contributed by atoms with van der Waals surface area (Å²) in [5.74, 6) is 0.804. The van der Waals surface area contributed by atoms with Gasteiger partial charge in [-0.25, -0.2) is 4.79 Å². The largest absolute Gasteiger partial charge is 0.453 e. The number of nitrogens with zero attached hydrogens (tertiary/aromatic N) is 2. The minimum atomic E-state index is -0.468.